The smallest absolute Gasteiger partial charge is 0.279 e. The molecule has 0 saturated heterocycles. The van der Waals surface area contributed by atoms with Gasteiger partial charge in [0.15, 0.2) is 17.3 Å². The first-order valence-electron chi connectivity index (χ1n) is 8.33. The molecule has 8 nitrogen and oxygen atoms in total. The maximum Gasteiger partial charge on any atom is 0.279 e. The topological polar surface area (TPSA) is 91.8 Å². The van der Waals surface area contributed by atoms with Crippen molar-refractivity contribution in [2.75, 3.05) is 0 Å². The predicted molar refractivity (Wildman–Crippen MR) is 92.1 cm³/mol. The van der Waals surface area contributed by atoms with Gasteiger partial charge in [-0.3, -0.25) is 4.98 Å². The molecule has 26 heavy (non-hydrogen) atoms. The van der Waals surface area contributed by atoms with Crippen LogP contribution < -0.4 is 10.6 Å². The molecule has 0 aromatic carbocycles. The van der Waals surface area contributed by atoms with E-state index >= 15 is 0 Å². The molecule has 3 aromatic rings. The summed E-state index contributed by atoms with van der Waals surface area (Å²) in [6.45, 7) is 6.11. The van der Waals surface area contributed by atoms with Crippen LogP contribution in [0.25, 0.3) is 29.2 Å². The molecule has 130 valence electrons. The lowest BCUT2D eigenvalue weighted by molar-refractivity contribution is 0.401. The molecular formula is C18H16N6O2. The van der Waals surface area contributed by atoms with E-state index < -0.39 is 0 Å². The molecule has 2 aliphatic heterocycles. The highest BCUT2D eigenvalue weighted by atomic mass is 16.5. The second-order valence-corrected chi connectivity index (χ2v) is 7.24. The zero-order valence-electron chi connectivity index (χ0n) is 14.6. The van der Waals surface area contributed by atoms with E-state index in [4.69, 9.17) is 14.4 Å². The molecule has 2 aliphatic rings. The summed E-state index contributed by atoms with van der Waals surface area (Å²) in [7, 11) is 0. The Hall–Kier alpha value is -3.29. The number of nitrogens with zero attached hydrogens (tertiary/aromatic N) is 6. The van der Waals surface area contributed by atoms with Gasteiger partial charge in [-0.05, 0) is 12.2 Å². The highest BCUT2D eigenvalue weighted by molar-refractivity contribution is 5.65. The monoisotopic (exact) mass is 348 g/mol. The number of rotatable bonds is 2. The normalized spacial score (nSPS) is 15.3. The van der Waals surface area contributed by atoms with Crippen LogP contribution in [0.15, 0.2) is 34.9 Å². The van der Waals surface area contributed by atoms with Crippen LogP contribution in [0.5, 0.6) is 0 Å². The number of ether oxygens (including phenoxy) is 1. The first-order chi connectivity index (χ1) is 12.5. The quantitative estimate of drug-likeness (QED) is 0.687. The third kappa shape index (κ3) is 2.18. The summed E-state index contributed by atoms with van der Waals surface area (Å²) in [6, 6.07) is 0. The van der Waals surface area contributed by atoms with Crippen molar-refractivity contribution >= 4 is 11.8 Å². The number of allylic oxidation sites excluding steroid dienone is 1. The molecule has 0 N–H and O–H groups in total. The van der Waals surface area contributed by atoms with Gasteiger partial charge in [-0.15, -0.1) is 0 Å². The van der Waals surface area contributed by atoms with Crippen LogP contribution in [0.1, 0.15) is 33.0 Å². The van der Waals surface area contributed by atoms with Crippen LogP contribution in [0.3, 0.4) is 0 Å². The molecule has 0 amide bonds. The lowest BCUT2D eigenvalue weighted by Crippen LogP contribution is -2.34. The summed E-state index contributed by atoms with van der Waals surface area (Å²) >= 11 is 0. The fourth-order valence-corrected chi connectivity index (χ4v) is 2.98. The van der Waals surface area contributed by atoms with Gasteiger partial charge >= 0.3 is 0 Å². The van der Waals surface area contributed by atoms with Crippen molar-refractivity contribution < 1.29 is 9.26 Å². The minimum atomic E-state index is -0.210. The third-order valence-electron chi connectivity index (χ3n) is 4.27. The second kappa shape index (κ2) is 5.10. The van der Waals surface area contributed by atoms with Crippen molar-refractivity contribution in [3.63, 3.8) is 0 Å². The molecule has 0 radical (unpaired) electrons. The molecule has 2 bridgehead atoms. The Morgan fingerprint density at radius 1 is 1.19 bits per heavy atom. The van der Waals surface area contributed by atoms with E-state index in [9.17, 15) is 0 Å². The van der Waals surface area contributed by atoms with Gasteiger partial charge in [0.1, 0.15) is 16.9 Å². The van der Waals surface area contributed by atoms with Gasteiger partial charge in [-0.2, -0.15) is 10.1 Å². The Labute approximate surface area is 148 Å². The molecule has 5 heterocycles. The van der Waals surface area contributed by atoms with Crippen molar-refractivity contribution in [1.29, 1.82) is 0 Å². The molecule has 5 rings (SSSR count). The van der Waals surface area contributed by atoms with E-state index in [1.54, 1.807) is 23.3 Å². The number of aromatic nitrogens is 6. The van der Waals surface area contributed by atoms with E-state index in [0.29, 0.717) is 29.6 Å². The predicted octanol–water partition coefficient (Wildman–Crippen LogP) is 1.22. The summed E-state index contributed by atoms with van der Waals surface area (Å²) in [4.78, 5) is 13.1. The largest absolute Gasteiger partial charge is 0.459 e. The molecule has 0 spiro atoms. The molecule has 0 fully saturated rings. The minimum absolute atomic E-state index is 0.210. The number of hydrogen-bond acceptors (Lipinski definition) is 7. The molecule has 0 atom stereocenters. The van der Waals surface area contributed by atoms with Crippen molar-refractivity contribution in [1.82, 2.24) is 29.9 Å². The van der Waals surface area contributed by atoms with Gasteiger partial charge in [-0.25, -0.2) is 9.67 Å². The molecular weight excluding hydrogens is 332 g/mol. The van der Waals surface area contributed by atoms with Crippen LogP contribution in [-0.4, -0.2) is 29.9 Å². The van der Waals surface area contributed by atoms with E-state index in [-0.39, 0.29) is 5.41 Å². The lowest BCUT2D eigenvalue weighted by atomic mass is 9.96. The summed E-state index contributed by atoms with van der Waals surface area (Å²) < 4.78 is 13.1. The fourth-order valence-electron chi connectivity index (χ4n) is 2.98. The first-order valence-corrected chi connectivity index (χ1v) is 8.33. The molecule has 0 unspecified atom stereocenters. The summed E-state index contributed by atoms with van der Waals surface area (Å²) in [5.41, 5.74) is 0.403. The number of hydrogen-bond donors (Lipinski definition) is 0. The highest BCUT2D eigenvalue weighted by Crippen LogP contribution is 2.25. The van der Waals surface area contributed by atoms with Crippen LogP contribution in [0.2, 0.25) is 0 Å². The van der Waals surface area contributed by atoms with Crippen molar-refractivity contribution in [3.8, 4) is 17.4 Å². The second-order valence-electron chi connectivity index (χ2n) is 7.24. The van der Waals surface area contributed by atoms with E-state index in [2.05, 4.69) is 20.1 Å². The van der Waals surface area contributed by atoms with E-state index in [1.807, 2.05) is 32.9 Å². The Kier molecular flexibility index (Phi) is 2.95. The maximum absolute atomic E-state index is 5.84. The molecule has 8 heteroatoms. The summed E-state index contributed by atoms with van der Waals surface area (Å²) in [5.74, 6) is 3.26. The van der Waals surface area contributed by atoms with E-state index in [1.165, 1.54) is 0 Å². The fraction of sp³-hybridized carbons (Fsp3) is 0.278. The zero-order valence-corrected chi connectivity index (χ0v) is 14.6. The van der Waals surface area contributed by atoms with Crippen molar-refractivity contribution in [2.45, 2.75) is 32.6 Å². The average molecular weight is 348 g/mol. The minimum Gasteiger partial charge on any atom is -0.459 e. The molecule has 0 aliphatic carbocycles. The van der Waals surface area contributed by atoms with Gasteiger partial charge in [-0.1, -0.05) is 25.9 Å². The van der Waals surface area contributed by atoms with Crippen molar-refractivity contribution in [2.24, 2.45) is 0 Å². The van der Waals surface area contributed by atoms with Gasteiger partial charge in [0.2, 0.25) is 0 Å². The lowest BCUT2D eigenvalue weighted by Gasteiger charge is -2.10. The highest BCUT2D eigenvalue weighted by Gasteiger charge is 2.27. The Morgan fingerprint density at radius 2 is 2.08 bits per heavy atom. The third-order valence-corrected chi connectivity index (χ3v) is 4.27. The van der Waals surface area contributed by atoms with Gasteiger partial charge < -0.3 is 9.26 Å². The van der Waals surface area contributed by atoms with E-state index in [0.717, 1.165) is 22.1 Å². The zero-order chi connectivity index (χ0) is 17.9. The summed E-state index contributed by atoms with van der Waals surface area (Å²) in [6.07, 6.45) is 9.60. The SMILES string of the molecule is CC(C)(C)c1noc(-c2nn(-c3cnccn3)c3c2=CC2=CCC=3O2)n1. The Bertz CT molecular complexity index is 1160. The van der Waals surface area contributed by atoms with Crippen LogP contribution in [-0.2, 0) is 10.2 Å². The first kappa shape index (κ1) is 15.0. The average Bonchev–Trinajstić information content (AvgIpc) is 3.33. The van der Waals surface area contributed by atoms with Crippen molar-refractivity contribution in [3.05, 3.63) is 46.8 Å². The Balaban J connectivity index is 1.79. The molecule has 0 saturated carbocycles. The standard InChI is InChI=1S/C18H16N6O2/c1-18(2,3)17-21-16(26-23-17)14-11-8-10-4-5-12(25-10)15(11)24(22-14)13-9-19-6-7-20-13/h4,6-9H,5H2,1-3H3. The van der Waals surface area contributed by atoms with Gasteiger partial charge in [0, 0.05) is 29.4 Å². The van der Waals surface area contributed by atoms with Gasteiger partial charge in [0.05, 0.1) is 6.20 Å². The summed E-state index contributed by atoms with van der Waals surface area (Å²) in [5, 5.41) is 10.6. The van der Waals surface area contributed by atoms with Crippen LogP contribution in [0, 0.1) is 0 Å². The van der Waals surface area contributed by atoms with Gasteiger partial charge in [0.25, 0.3) is 5.89 Å². The molecule has 3 aromatic heterocycles. The Morgan fingerprint density at radius 3 is 2.81 bits per heavy atom. The van der Waals surface area contributed by atoms with Crippen LogP contribution >= 0.6 is 0 Å². The number of fused-ring (bicyclic) bond motifs is 3. The van der Waals surface area contributed by atoms with Crippen LogP contribution in [0.4, 0.5) is 0 Å². The maximum atomic E-state index is 5.84.